The lowest BCUT2D eigenvalue weighted by atomic mass is 9.95. The first-order chi connectivity index (χ1) is 7.07. The van der Waals surface area contributed by atoms with E-state index >= 15 is 0 Å². The molecule has 3 nitrogen and oxygen atoms in total. The normalized spacial score (nSPS) is 14.3. The molecule has 0 saturated heterocycles. The number of hydrogen-bond acceptors (Lipinski definition) is 4. The smallest absolute Gasteiger partial charge is 0.353 e. The molecule has 0 amide bonds. The predicted octanol–water partition coefficient (Wildman–Crippen LogP) is 2.26. The molecule has 82 valence electrons. The van der Waals surface area contributed by atoms with E-state index in [1.54, 1.807) is 11.3 Å². The van der Waals surface area contributed by atoms with Gasteiger partial charge in [-0.1, -0.05) is 6.92 Å². The molecule has 0 aromatic carbocycles. The van der Waals surface area contributed by atoms with Crippen LogP contribution in [0, 0.1) is 0 Å². The summed E-state index contributed by atoms with van der Waals surface area (Å²) in [5, 5.41) is 4.06. The van der Waals surface area contributed by atoms with Crippen LogP contribution in [0.1, 0.15) is 25.3 Å². The van der Waals surface area contributed by atoms with E-state index in [1.807, 2.05) is 25.3 Å². The fourth-order valence-electron chi connectivity index (χ4n) is 1.28. The van der Waals surface area contributed by atoms with Crippen molar-refractivity contribution in [3.05, 3.63) is 33.7 Å². The van der Waals surface area contributed by atoms with E-state index in [9.17, 15) is 4.79 Å². The van der Waals surface area contributed by atoms with Gasteiger partial charge in [-0.25, -0.2) is 4.79 Å². The number of carbonyl (C=O) groups excluding carboxylic acids is 1. The molecule has 0 bridgehead atoms. The number of rotatable bonds is 3. The average molecular weight is 225 g/mol. The van der Waals surface area contributed by atoms with Crippen molar-refractivity contribution in [1.82, 2.24) is 0 Å². The lowest BCUT2D eigenvalue weighted by molar-refractivity contribution is -0.136. The summed E-state index contributed by atoms with van der Waals surface area (Å²) in [7, 11) is 1.33. The zero-order chi connectivity index (χ0) is 11.4. The zero-order valence-corrected chi connectivity index (χ0v) is 9.93. The van der Waals surface area contributed by atoms with Gasteiger partial charge in [0.15, 0.2) is 0 Å². The van der Waals surface area contributed by atoms with Gasteiger partial charge < -0.3 is 10.5 Å². The van der Waals surface area contributed by atoms with Gasteiger partial charge in [-0.15, -0.1) is 0 Å². The monoisotopic (exact) mass is 225 g/mol. The summed E-state index contributed by atoms with van der Waals surface area (Å²) < 4.78 is 4.58. The second-order valence-electron chi connectivity index (χ2n) is 3.37. The van der Waals surface area contributed by atoms with Crippen LogP contribution in [0.3, 0.4) is 0 Å². The highest BCUT2D eigenvalue weighted by atomic mass is 32.1. The van der Waals surface area contributed by atoms with Crippen LogP contribution in [0.15, 0.2) is 28.1 Å². The number of carbonyl (C=O) groups is 1. The number of nitrogens with two attached hydrogens (primary N) is 1. The maximum absolute atomic E-state index is 11.2. The Kier molecular flexibility index (Phi) is 3.91. The molecule has 15 heavy (non-hydrogen) atoms. The van der Waals surface area contributed by atoms with E-state index in [-0.39, 0.29) is 11.6 Å². The molecule has 2 N–H and O–H groups in total. The van der Waals surface area contributed by atoms with Crippen molar-refractivity contribution in [1.29, 1.82) is 0 Å². The molecule has 0 aliphatic rings. The Bertz CT molecular complexity index is 368. The fraction of sp³-hybridized carbons (Fsp3) is 0.364. The largest absolute Gasteiger partial charge is 0.464 e. The number of allylic oxidation sites excluding steroid dienone is 1. The number of methoxy groups -OCH3 is 1. The van der Waals surface area contributed by atoms with Crippen molar-refractivity contribution in [2.75, 3.05) is 7.11 Å². The standard InChI is InChI=1S/C11H15NO2S/c1-7(9-4-5-15-6-9)8(2)10(12)11(13)14-3/h4-7H,12H2,1-3H3. The van der Waals surface area contributed by atoms with Crippen molar-refractivity contribution < 1.29 is 9.53 Å². The number of thiophene rings is 1. The Hall–Kier alpha value is -1.29. The van der Waals surface area contributed by atoms with Crippen LogP contribution in [0.4, 0.5) is 0 Å². The van der Waals surface area contributed by atoms with E-state index in [4.69, 9.17) is 5.73 Å². The minimum Gasteiger partial charge on any atom is -0.464 e. The first kappa shape index (κ1) is 11.8. The number of hydrogen-bond donors (Lipinski definition) is 1. The fourth-order valence-corrected chi connectivity index (χ4v) is 2.03. The molecule has 0 fully saturated rings. The van der Waals surface area contributed by atoms with Crippen molar-refractivity contribution in [3.8, 4) is 0 Å². The van der Waals surface area contributed by atoms with E-state index < -0.39 is 5.97 Å². The Labute approximate surface area is 93.6 Å². The van der Waals surface area contributed by atoms with Crippen LogP contribution in [0.2, 0.25) is 0 Å². The minimum atomic E-state index is -0.463. The third-order valence-corrected chi connectivity index (χ3v) is 3.22. The lowest BCUT2D eigenvalue weighted by Gasteiger charge is -2.12. The van der Waals surface area contributed by atoms with Gasteiger partial charge in [-0.2, -0.15) is 11.3 Å². The highest BCUT2D eigenvalue weighted by Crippen LogP contribution is 2.26. The van der Waals surface area contributed by atoms with E-state index in [0.717, 1.165) is 5.57 Å². The van der Waals surface area contributed by atoms with Crippen molar-refractivity contribution >= 4 is 17.3 Å². The molecular weight excluding hydrogens is 210 g/mol. The van der Waals surface area contributed by atoms with Gasteiger partial charge >= 0.3 is 5.97 Å². The molecule has 0 spiro atoms. The summed E-state index contributed by atoms with van der Waals surface area (Å²) in [6, 6.07) is 2.03. The Balaban J connectivity index is 2.93. The number of esters is 1. The van der Waals surface area contributed by atoms with Crippen LogP contribution in [-0.4, -0.2) is 13.1 Å². The van der Waals surface area contributed by atoms with Crippen LogP contribution >= 0.6 is 11.3 Å². The summed E-state index contributed by atoms with van der Waals surface area (Å²) in [6.07, 6.45) is 0. The zero-order valence-electron chi connectivity index (χ0n) is 9.11. The molecule has 4 heteroatoms. The molecule has 0 saturated carbocycles. The van der Waals surface area contributed by atoms with Crippen LogP contribution in [0.25, 0.3) is 0 Å². The van der Waals surface area contributed by atoms with Crippen molar-refractivity contribution in [2.24, 2.45) is 5.73 Å². The Morgan fingerprint density at radius 2 is 2.27 bits per heavy atom. The van der Waals surface area contributed by atoms with E-state index in [2.05, 4.69) is 10.1 Å². The predicted molar refractivity (Wildman–Crippen MR) is 61.6 cm³/mol. The van der Waals surface area contributed by atoms with E-state index in [0.29, 0.717) is 0 Å². The molecule has 1 atom stereocenters. The van der Waals surface area contributed by atoms with Crippen LogP contribution in [0.5, 0.6) is 0 Å². The maximum Gasteiger partial charge on any atom is 0.353 e. The van der Waals surface area contributed by atoms with Crippen molar-refractivity contribution in [2.45, 2.75) is 19.8 Å². The lowest BCUT2D eigenvalue weighted by Crippen LogP contribution is -2.16. The topological polar surface area (TPSA) is 52.3 Å². The highest BCUT2D eigenvalue weighted by Gasteiger charge is 2.15. The van der Waals surface area contributed by atoms with Crippen LogP contribution < -0.4 is 5.73 Å². The average Bonchev–Trinajstić information content (AvgIpc) is 2.78. The molecule has 1 heterocycles. The van der Waals surface area contributed by atoms with Gasteiger partial charge in [0.2, 0.25) is 0 Å². The van der Waals surface area contributed by atoms with E-state index in [1.165, 1.54) is 12.7 Å². The SMILES string of the molecule is COC(=O)C(N)=C(C)C(C)c1ccsc1. The number of ether oxygens (including phenoxy) is 1. The third-order valence-electron chi connectivity index (χ3n) is 2.52. The minimum absolute atomic E-state index is 0.148. The molecule has 1 rings (SSSR count). The molecule has 0 aliphatic carbocycles. The molecule has 1 aromatic rings. The molecule has 1 aromatic heterocycles. The summed E-state index contributed by atoms with van der Waals surface area (Å²) in [4.78, 5) is 11.2. The summed E-state index contributed by atoms with van der Waals surface area (Å²) >= 11 is 1.63. The second kappa shape index (κ2) is 4.98. The van der Waals surface area contributed by atoms with Gasteiger partial charge in [0.25, 0.3) is 0 Å². The Morgan fingerprint density at radius 1 is 1.60 bits per heavy atom. The molecule has 1 unspecified atom stereocenters. The summed E-state index contributed by atoms with van der Waals surface area (Å²) in [5.41, 5.74) is 7.91. The van der Waals surface area contributed by atoms with Gasteiger partial charge in [-0.05, 0) is 34.9 Å². The quantitative estimate of drug-likeness (QED) is 0.634. The molecule has 0 aliphatic heterocycles. The Morgan fingerprint density at radius 3 is 2.73 bits per heavy atom. The second-order valence-corrected chi connectivity index (χ2v) is 4.15. The summed E-state index contributed by atoms with van der Waals surface area (Å²) in [6.45, 7) is 3.88. The first-order valence-corrected chi connectivity index (χ1v) is 5.58. The maximum atomic E-state index is 11.2. The van der Waals surface area contributed by atoms with Gasteiger partial charge in [-0.3, -0.25) is 0 Å². The van der Waals surface area contributed by atoms with Crippen LogP contribution in [-0.2, 0) is 9.53 Å². The molecule has 0 radical (unpaired) electrons. The van der Waals surface area contributed by atoms with Crippen molar-refractivity contribution in [3.63, 3.8) is 0 Å². The highest BCUT2D eigenvalue weighted by molar-refractivity contribution is 7.08. The van der Waals surface area contributed by atoms with Gasteiger partial charge in [0.1, 0.15) is 5.70 Å². The van der Waals surface area contributed by atoms with Gasteiger partial charge in [0, 0.05) is 5.92 Å². The third kappa shape index (κ3) is 2.59. The summed E-state index contributed by atoms with van der Waals surface area (Å²) in [5.74, 6) is -0.315. The van der Waals surface area contributed by atoms with Gasteiger partial charge in [0.05, 0.1) is 7.11 Å². The molecular formula is C11H15NO2S. The first-order valence-electron chi connectivity index (χ1n) is 4.64.